The van der Waals surface area contributed by atoms with Gasteiger partial charge in [0.25, 0.3) is 17.0 Å². The minimum Gasteiger partial charge on any atom is -0.477 e. The van der Waals surface area contributed by atoms with Crippen molar-refractivity contribution in [2.75, 3.05) is 39.4 Å². The molecule has 3 N–H and O–H groups in total. The van der Waals surface area contributed by atoms with Crippen molar-refractivity contribution in [3.63, 3.8) is 0 Å². The molecule has 0 spiro atoms. The first kappa shape index (κ1) is 40.6. The highest BCUT2D eigenvalue weighted by atomic mass is 35.5. The largest absolute Gasteiger partial charge is 0.477 e. The van der Waals surface area contributed by atoms with Gasteiger partial charge >= 0.3 is 5.97 Å². The van der Waals surface area contributed by atoms with Crippen LogP contribution in [0.2, 0.25) is 0 Å². The van der Waals surface area contributed by atoms with Gasteiger partial charge < -0.3 is 34.3 Å². The van der Waals surface area contributed by atoms with Gasteiger partial charge in [0.15, 0.2) is 0 Å². The third-order valence-corrected chi connectivity index (χ3v) is 9.76. The van der Waals surface area contributed by atoms with Crippen LogP contribution in [0.15, 0.2) is 58.1 Å². The average Bonchev–Trinajstić information content (AvgIpc) is 3.07. The van der Waals surface area contributed by atoms with Crippen molar-refractivity contribution in [1.82, 2.24) is 19.4 Å². The van der Waals surface area contributed by atoms with Crippen LogP contribution in [0.4, 0.5) is 8.78 Å². The Balaban J connectivity index is 0.000000270. The molecule has 2 aromatic carbocycles. The number of fused-ring (bicyclic) bond motifs is 2. The van der Waals surface area contributed by atoms with Crippen LogP contribution in [0.5, 0.6) is 0 Å². The summed E-state index contributed by atoms with van der Waals surface area (Å²) in [7, 11) is 0. The number of carbonyl (C=O) groups excluding carboxylic acids is 1. The van der Waals surface area contributed by atoms with Gasteiger partial charge in [0.1, 0.15) is 22.8 Å². The second-order valence-electron chi connectivity index (χ2n) is 14.1. The maximum Gasteiger partial charge on any atom is 0.341 e. The van der Waals surface area contributed by atoms with E-state index < -0.39 is 45.8 Å². The number of pyridine rings is 2. The number of nitrogens with zero attached hydrogens (tertiary/aromatic N) is 3. The van der Waals surface area contributed by atoms with E-state index in [-0.39, 0.29) is 40.8 Å². The average molecular weight is 745 g/mol. The van der Waals surface area contributed by atoms with Gasteiger partial charge in [-0.05, 0) is 95.9 Å². The standard InChI is InChI=1S/C25H34FN3O4.C13H12FNO3.ClH/c1-17(2)29-22-5-3-4-21(26)19(22)14-20(24(29)31)23(30)27-15-18-6-10-28(11-7-18)16-25(32)8-12-33-13-9-25;1-7(2)15-11-5-3-4-10(14)8(11)6-9(12(15)16)13(17)18;/h3-5,14,17-18,32H,6-13,15-16H2,1-2H3,(H,27,30);3-7H,1-2H3,(H,17,18);1H. The maximum absolute atomic E-state index is 14.4. The Bertz CT molecular complexity index is 2030. The normalized spacial score (nSPS) is 16.4. The van der Waals surface area contributed by atoms with E-state index in [9.17, 15) is 33.1 Å². The number of amides is 1. The smallest absolute Gasteiger partial charge is 0.341 e. The highest BCUT2D eigenvalue weighted by molar-refractivity contribution is 5.97. The molecule has 0 unspecified atom stereocenters. The van der Waals surface area contributed by atoms with Gasteiger partial charge in [-0.3, -0.25) is 14.4 Å². The molecule has 2 aromatic heterocycles. The summed E-state index contributed by atoms with van der Waals surface area (Å²) in [6.07, 6.45) is 3.16. The van der Waals surface area contributed by atoms with E-state index in [1.54, 1.807) is 32.0 Å². The number of carbonyl (C=O) groups is 2. The molecule has 4 aromatic rings. The quantitative estimate of drug-likeness (QED) is 0.213. The Morgan fingerprint density at radius 3 is 1.83 bits per heavy atom. The Morgan fingerprint density at radius 1 is 0.865 bits per heavy atom. The van der Waals surface area contributed by atoms with E-state index in [1.165, 1.54) is 33.4 Å². The minimum absolute atomic E-state index is 0. The van der Waals surface area contributed by atoms with Crippen LogP contribution in [0.1, 0.15) is 86.2 Å². The molecule has 0 radical (unpaired) electrons. The fraction of sp³-hybridized carbons (Fsp3) is 0.474. The first-order valence-electron chi connectivity index (χ1n) is 17.4. The fourth-order valence-corrected chi connectivity index (χ4v) is 7.00. The van der Waals surface area contributed by atoms with E-state index in [0.29, 0.717) is 56.1 Å². The summed E-state index contributed by atoms with van der Waals surface area (Å²) in [6, 6.07) is 11.0. The molecule has 2 aliphatic rings. The summed E-state index contributed by atoms with van der Waals surface area (Å²) >= 11 is 0. The third kappa shape index (κ3) is 8.88. The number of ether oxygens (including phenoxy) is 1. The number of aromatic carboxylic acids is 1. The maximum atomic E-state index is 14.4. The van der Waals surface area contributed by atoms with Gasteiger partial charge in [-0.1, -0.05) is 12.1 Å². The topological polar surface area (TPSA) is 143 Å². The van der Waals surface area contributed by atoms with Gasteiger partial charge in [-0.25, -0.2) is 13.6 Å². The molecule has 1 amide bonds. The summed E-state index contributed by atoms with van der Waals surface area (Å²) in [6.45, 7) is 11.3. The monoisotopic (exact) mass is 744 g/mol. The van der Waals surface area contributed by atoms with E-state index in [4.69, 9.17) is 9.84 Å². The van der Waals surface area contributed by atoms with Crippen LogP contribution < -0.4 is 16.4 Å². The zero-order chi connectivity index (χ0) is 37.0. The van der Waals surface area contributed by atoms with Crippen molar-refractivity contribution in [3.05, 3.63) is 92.0 Å². The van der Waals surface area contributed by atoms with Crippen molar-refractivity contribution < 1.29 is 33.3 Å². The number of rotatable bonds is 8. The van der Waals surface area contributed by atoms with Crippen LogP contribution in [-0.2, 0) is 4.74 Å². The number of hydrogen-bond acceptors (Lipinski definition) is 7. The third-order valence-electron chi connectivity index (χ3n) is 9.76. The number of piperidine rings is 1. The molecule has 6 rings (SSSR count). The molecule has 2 aliphatic heterocycles. The molecule has 2 saturated heterocycles. The Labute approximate surface area is 306 Å². The van der Waals surface area contributed by atoms with Crippen molar-refractivity contribution in [2.24, 2.45) is 5.92 Å². The Kier molecular flexibility index (Phi) is 13.4. The summed E-state index contributed by atoms with van der Waals surface area (Å²) in [5.74, 6) is -2.49. The number of β-amino-alcohol motifs (C(OH)–C–C–N with tert-alkyl or cyclic N) is 1. The molecule has 0 bridgehead atoms. The zero-order valence-corrected chi connectivity index (χ0v) is 30.7. The molecule has 14 heteroatoms. The molecule has 0 saturated carbocycles. The number of halogens is 3. The van der Waals surface area contributed by atoms with Crippen LogP contribution in [-0.4, -0.2) is 81.1 Å². The summed E-state index contributed by atoms with van der Waals surface area (Å²) in [5, 5.41) is 23.0. The SMILES string of the molecule is CC(C)n1c(=O)c(C(=O)NCC2CCN(CC3(O)CCOCC3)CC2)cc2c(F)cccc21.CC(C)n1c(=O)c(C(=O)O)cc2c(F)cccc21.Cl. The second kappa shape index (κ2) is 17.1. The number of likely N-dealkylation sites (tertiary alicyclic amines) is 1. The Hall–Kier alpha value is -4.17. The number of aliphatic hydroxyl groups is 1. The number of carboxylic acids is 1. The van der Waals surface area contributed by atoms with Crippen molar-refractivity contribution >= 4 is 46.1 Å². The van der Waals surface area contributed by atoms with Gasteiger partial charge in [-0.2, -0.15) is 0 Å². The molecule has 4 heterocycles. The van der Waals surface area contributed by atoms with Gasteiger partial charge in [0.2, 0.25) is 0 Å². The summed E-state index contributed by atoms with van der Waals surface area (Å²) < 4.78 is 36.3. The molecule has 52 heavy (non-hydrogen) atoms. The molecular formula is C38H47ClF2N4O7. The summed E-state index contributed by atoms with van der Waals surface area (Å²) in [5.41, 5.74) is -1.23. The number of carboxylic acid groups (broad SMARTS) is 1. The van der Waals surface area contributed by atoms with E-state index in [0.717, 1.165) is 32.0 Å². The van der Waals surface area contributed by atoms with Gasteiger partial charge in [0.05, 0.1) is 16.6 Å². The number of aromatic nitrogens is 2. The lowest BCUT2D eigenvalue weighted by molar-refractivity contribution is -0.0829. The zero-order valence-electron chi connectivity index (χ0n) is 29.9. The lowest BCUT2D eigenvalue weighted by atomic mass is 9.91. The predicted octanol–water partition coefficient (Wildman–Crippen LogP) is 5.55. The molecule has 2 fully saturated rings. The summed E-state index contributed by atoms with van der Waals surface area (Å²) in [4.78, 5) is 51.3. The number of hydrogen-bond donors (Lipinski definition) is 3. The van der Waals surface area contributed by atoms with Crippen LogP contribution in [0.3, 0.4) is 0 Å². The van der Waals surface area contributed by atoms with Gasteiger partial charge in [-0.15, -0.1) is 12.4 Å². The molecule has 0 atom stereocenters. The first-order valence-corrected chi connectivity index (χ1v) is 17.4. The molecule has 282 valence electrons. The minimum atomic E-state index is -1.35. The van der Waals surface area contributed by atoms with Crippen molar-refractivity contribution in [3.8, 4) is 0 Å². The van der Waals surface area contributed by atoms with Crippen LogP contribution in [0, 0.1) is 17.6 Å². The Morgan fingerprint density at radius 2 is 1.35 bits per heavy atom. The first-order chi connectivity index (χ1) is 24.2. The molecular weight excluding hydrogens is 698 g/mol. The molecule has 11 nitrogen and oxygen atoms in total. The van der Waals surface area contributed by atoms with E-state index in [2.05, 4.69) is 10.2 Å². The number of benzene rings is 2. The number of nitrogens with one attached hydrogen (secondary N) is 1. The van der Waals surface area contributed by atoms with E-state index >= 15 is 0 Å². The van der Waals surface area contributed by atoms with Crippen molar-refractivity contribution in [2.45, 2.75) is 71.1 Å². The lowest BCUT2D eigenvalue weighted by Crippen LogP contribution is -2.49. The van der Waals surface area contributed by atoms with Crippen LogP contribution >= 0.6 is 12.4 Å². The van der Waals surface area contributed by atoms with E-state index in [1.807, 2.05) is 13.8 Å². The van der Waals surface area contributed by atoms with Gasteiger partial charge in [0, 0.05) is 62.0 Å². The highest BCUT2D eigenvalue weighted by Gasteiger charge is 2.33. The lowest BCUT2D eigenvalue weighted by Gasteiger charge is -2.39. The second-order valence-corrected chi connectivity index (χ2v) is 14.1. The fourth-order valence-electron chi connectivity index (χ4n) is 7.00. The highest BCUT2D eigenvalue weighted by Crippen LogP contribution is 2.26. The van der Waals surface area contributed by atoms with Crippen molar-refractivity contribution in [1.29, 1.82) is 0 Å². The predicted molar refractivity (Wildman–Crippen MR) is 198 cm³/mol. The van der Waals surface area contributed by atoms with Crippen LogP contribution in [0.25, 0.3) is 21.8 Å². The molecule has 0 aliphatic carbocycles.